The van der Waals surface area contributed by atoms with E-state index in [0.717, 1.165) is 48.2 Å². The fourth-order valence-electron chi connectivity index (χ4n) is 6.82. The van der Waals surface area contributed by atoms with Gasteiger partial charge in [-0.15, -0.1) is 34.0 Å². The van der Waals surface area contributed by atoms with Gasteiger partial charge in [0.05, 0.1) is 58.0 Å². The number of nitrogens with zero attached hydrogens (tertiary/aromatic N) is 5. The molecule has 0 bridgehead atoms. The Kier molecular flexibility index (Phi) is 12.2. The maximum absolute atomic E-state index is 12.4. The molecule has 1 aliphatic carbocycles. The number of aromatic nitrogens is 3. The van der Waals surface area contributed by atoms with Crippen LogP contribution in [0, 0.1) is 0 Å². The first kappa shape index (κ1) is 43.1. The predicted molar refractivity (Wildman–Crippen MR) is 239 cm³/mol. The number of carboxylic acid groups (broad SMARTS) is 1. The molecule has 0 fully saturated rings. The number of aromatic carboxylic acids is 1. The molecular weight excluding hydrogens is 855 g/mol. The highest BCUT2D eigenvalue weighted by Gasteiger charge is 2.34. The topological polar surface area (TPSA) is 188 Å². The third kappa shape index (κ3) is 7.52. The molecule has 0 saturated heterocycles. The number of benzene rings is 2. The van der Waals surface area contributed by atoms with Crippen LogP contribution in [-0.4, -0.2) is 116 Å². The molecule has 0 spiro atoms. The number of rotatable bonds is 7. The molecule has 2 aromatic carbocycles. The maximum atomic E-state index is 12.4. The van der Waals surface area contributed by atoms with Crippen molar-refractivity contribution in [2.45, 2.75) is 0 Å². The number of hydrogen-bond acceptors (Lipinski definition) is 15. The van der Waals surface area contributed by atoms with Crippen molar-refractivity contribution in [1.29, 1.82) is 0 Å². The molecule has 2 amide bonds. The van der Waals surface area contributed by atoms with Crippen LogP contribution in [0.25, 0.3) is 42.0 Å². The highest BCUT2D eigenvalue weighted by Crippen LogP contribution is 2.47. The third-order valence-corrected chi connectivity index (χ3v) is 13.0. The minimum Gasteiger partial charge on any atom is -0.495 e. The Morgan fingerprint density at radius 1 is 0.548 bits per heavy atom. The van der Waals surface area contributed by atoms with Gasteiger partial charge >= 0.3 is 5.97 Å². The second-order valence-corrected chi connectivity index (χ2v) is 16.9. The number of fused-ring (bicyclic) bond motifs is 6. The number of ether oxygens (including phenoxy) is 4. The number of carboxylic acids is 1. The highest BCUT2D eigenvalue weighted by atomic mass is 32.1. The van der Waals surface area contributed by atoms with Crippen LogP contribution in [-0.2, 0) is 0 Å². The Bertz CT molecular complexity index is 2940. The highest BCUT2D eigenvalue weighted by molar-refractivity contribution is 7.21. The van der Waals surface area contributed by atoms with Crippen LogP contribution in [0.15, 0.2) is 73.2 Å². The monoisotopic (exact) mass is 891 g/mol. The van der Waals surface area contributed by atoms with E-state index in [-0.39, 0.29) is 39.5 Å². The molecule has 18 heteroatoms. The molecule has 1 N–H and O–H groups in total. The summed E-state index contributed by atoms with van der Waals surface area (Å²) < 4.78 is 23.7. The zero-order valence-corrected chi connectivity index (χ0v) is 37.0. The van der Waals surface area contributed by atoms with Gasteiger partial charge in [-0.3, -0.25) is 34.1 Å². The average molecular weight is 892 g/mol. The van der Waals surface area contributed by atoms with E-state index in [9.17, 15) is 24.0 Å². The molecular formula is C44H37N5O10S3. The lowest BCUT2D eigenvalue weighted by Crippen LogP contribution is -2.20. The van der Waals surface area contributed by atoms with Crippen molar-refractivity contribution in [2.24, 2.45) is 0 Å². The number of carbonyl (C=O) groups is 5. The molecule has 6 heterocycles. The van der Waals surface area contributed by atoms with Gasteiger partial charge in [0.2, 0.25) is 11.6 Å². The van der Waals surface area contributed by atoms with E-state index in [1.54, 1.807) is 92.1 Å². The molecule has 62 heavy (non-hydrogen) atoms. The maximum Gasteiger partial charge on any atom is 0.345 e. The van der Waals surface area contributed by atoms with Crippen molar-refractivity contribution in [3.8, 4) is 23.0 Å². The van der Waals surface area contributed by atoms with Gasteiger partial charge in [-0.05, 0) is 54.6 Å². The standard InChI is InChI=1S/C16H16N2O3S.C14H10N2O3S.C14H11NO4S/c1-18(2)16(19)11-8-10-13(20-3)12-9(6-5-7-17-12)14(21-4)15(10)22-11;1-16(2)14(19)9-6-8-11(17)10-7(4-3-5-15-10)12(18)13(8)20-9;1-18-11-8-6-9(14(16)17)20-13(8)12(19-2)7-4-3-5-15-10(7)11/h5-8H,1-4H3;3-6H,1-2H3;3-6H,1-2H3,(H,16,17). The van der Waals surface area contributed by atoms with Crippen LogP contribution in [0.4, 0.5) is 0 Å². The minimum absolute atomic E-state index is 0.0395. The molecule has 1 aliphatic rings. The lowest BCUT2D eigenvalue weighted by atomic mass is 9.93. The quantitative estimate of drug-likeness (QED) is 0.163. The van der Waals surface area contributed by atoms with Gasteiger partial charge in [-0.2, -0.15) is 0 Å². The first-order valence-electron chi connectivity index (χ1n) is 18.4. The van der Waals surface area contributed by atoms with E-state index < -0.39 is 5.97 Å². The van der Waals surface area contributed by atoms with Crippen molar-refractivity contribution in [3.63, 3.8) is 0 Å². The second-order valence-electron chi connectivity index (χ2n) is 13.8. The van der Waals surface area contributed by atoms with Crippen LogP contribution in [0.1, 0.15) is 60.3 Å². The van der Waals surface area contributed by atoms with Gasteiger partial charge in [0.1, 0.15) is 33.1 Å². The smallest absolute Gasteiger partial charge is 0.345 e. The molecule has 0 radical (unpaired) electrons. The Hall–Kier alpha value is -7.02. The number of amides is 2. The van der Waals surface area contributed by atoms with Crippen LogP contribution in [0.2, 0.25) is 0 Å². The van der Waals surface area contributed by atoms with Crippen LogP contribution in [0.5, 0.6) is 23.0 Å². The van der Waals surface area contributed by atoms with Gasteiger partial charge in [0, 0.05) is 73.9 Å². The molecule has 316 valence electrons. The Labute approximate surface area is 365 Å². The van der Waals surface area contributed by atoms with Crippen LogP contribution >= 0.6 is 34.0 Å². The van der Waals surface area contributed by atoms with E-state index >= 15 is 0 Å². The number of thiophene rings is 3. The molecule has 0 aliphatic heterocycles. The summed E-state index contributed by atoms with van der Waals surface area (Å²) in [5.74, 6) is 0.815. The molecule has 0 unspecified atom stereocenters. The lowest BCUT2D eigenvalue weighted by Gasteiger charge is -2.11. The molecule has 15 nitrogen and oxygen atoms in total. The minimum atomic E-state index is -0.965. The van der Waals surface area contributed by atoms with Crippen molar-refractivity contribution in [1.82, 2.24) is 24.8 Å². The normalized spacial score (nSPS) is 11.5. The number of methoxy groups -OCH3 is 4. The molecule has 0 saturated carbocycles. The fourth-order valence-corrected chi connectivity index (χ4v) is 10.2. The Morgan fingerprint density at radius 2 is 1.00 bits per heavy atom. The van der Waals surface area contributed by atoms with E-state index in [2.05, 4.69) is 15.0 Å². The summed E-state index contributed by atoms with van der Waals surface area (Å²) >= 11 is 3.63. The molecule has 9 rings (SSSR count). The zero-order valence-electron chi connectivity index (χ0n) is 34.5. The van der Waals surface area contributed by atoms with E-state index in [4.69, 9.17) is 24.1 Å². The number of pyridine rings is 3. The lowest BCUT2D eigenvalue weighted by molar-refractivity contribution is 0.0700. The Morgan fingerprint density at radius 3 is 1.48 bits per heavy atom. The van der Waals surface area contributed by atoms with Gasteiger partial charge in [0.15, 0.2) is 11.5 Å². The van der Waals surface area contributed by atoms with Crippen molar-refractivity contribution < 1.29 is 48.0 Å². The van der Waals surface area contributed by atoms with Crippen LogP contribution in [0.3, 0.4) is 0 Å². The summed E-state index contributed by atoms with van der Waals surface area (Å²) in [4.78, 5) is 77.3. The molecule has 0 atom stereocenters. The molecule has 6 aromatic heterocycles. The van der Waals surface area contributed by atoms with Crippen molar-refractivity contribution >= 4 is 105 Å². The number of carbonyl (C=O) groups excluding carboxylic acids is 4. The van der Waals surface area contributed by atoms with Gasteiger partial charge in [-0.1, -0.05) is 0 Å². The van der Waals surface area contributed by atoms with Crippen molar-refractivity contribution in [2.75, 3.05) is 56.6 Å². The summed E-state index contributed by atoms with van der Waals surface area (Å²) in [6, 6.07) is 15.6. The van der Waals surface area contributed by atoms with Crippen molar-refractivity contribution in [3.05, 3.63) is 110 Å². The predicted octanol–water partition coefficient (Wildman–Crippen LogP) is 7.95. The Balaban J connectivity index is 0.000000140. The van der Waals surface area contributed by atoms with E-state index in [1.165, 1.54) is 39.8 Å². The first-order chi connectivity index (χ1) is 29.8. The largest absolute Gasteiger partial charge is 0.495 e. The summed E-state index contributed by atoms with van der Waals surface area (Å²) in [5, 5.41) is 12.4. The number of ketones is 2. The summed E-state index contributed by atoms with van der Waals surface area (Å²) in [6.07, 6.45) is 4.86. The van der Waals surface area contributed by atoms with Gasteiger partial charge in [0.25, 0.3) is 11.8 Å². The second kappa shape index (κ2) is 17.5. The van der Waals surface area contributed by atoms with E-state index in [0.29, 0.717) is 48.3 Å². The molecule has 8 aromatic rings. The van der Waals surface area contributed by atoms with Crippen LogP contribution < -0.4 is 18.9 Å². The fraction of sp³-hybridized carbons (Fsp3) is 0.182. The van der Waals surface area contributed by atoms with E-state index in [1.807, 2.05) is 30.3 Å². The summed E-state index contributed by atoms with van der Waals surface area (Å²) in [7, 11) is 13.1. The average Bonchev–Trinajstić information content (AvgIpc) is 4.05. The SMILES string of the molecule is CN(C)C(=O)c1cc2c(s1)C(=O)c1cccnc1C2=O.COc1c2cc(C(=O)N(C)C)sc2c(OC)c2cccnc12.COc1c2cc(C(=O)O)sc2c(OC)c2cccnc12. The number of hydrogen-bond donors (Lipinski definition) is 1. The van der Waals surface area contributed by atoms with Gasteiger partial charge in [-0.25, -0.2) is 4.79 Å². The third-order valence-electron chi connectivity index (χ3n) is 9.61. The summed E-state index contributed by atoms with van der Waals surface area (Å²) in [6.45, 7) is 0. The first-order valence-corrected chi connectivity index (χ1v) is 20.9. The van der Waals surface area contributed by atoms with Gasteiger partial charge < -0.3 is 33.9 Å². The zero-order chi connectivity index (χ0) is 44.6. The summed E-state index contributed by atoms with van der Waals surface area (Å²) in [5.41, 5.74) is 2.13.